The Kier molecular flexibility index (Phi) is 7.38. The van der Waals surface area contributed by atoms with Crippen LogP contribution < -0.4 is 5.32 Å². The van der Waals surface area contributed by atoms with E-state index in [4.69, 9.17) is 11.6 Å². The lowest BCUT2D eigenvalue weighted by molar-refractivity contribution is 0.344. The van der Waals surface area contributed by atoms with Gasteiger partial charge in [-0.3, -0.25) is 0 Å². The first-order valence-electron chi connectivity index (χ1n) is 7.09. The van der Waals surface area contributed by atoms with Crippen LogP contribution in [-0.4, -0.2) is 13.6 Å². The first-order chi connectivity index (χ1) is 8.71. The summed E-state index contributed by atoms with van der Waals surface area (Å²) >= 11 is 6.25. The average Bonchev–Trinajstić information content (AvgIpc) is 2.38. The molecule has 0 bridgehead atoms. The standard InChI is InChI=1S/C16H26ClN/c1-4-13(5-2)10-14(12-18-3)11-15-8-6-7-9-16(15)17/h6-9,13-14,18H,4-5,10-12H2,1-3H3. The Labute approximate surface area is 117 Å². The van der Waals surface area contributed by atoms with Gasteiger partial charge in [-0.25, -0.2) is 0 Å². The first-order valence-corrected chi connectivity index (χ1v) is 7.47. The van der Waals surface area contributed by atoms with Gasteiger partial charge in [-0.2, -0.15) is 0 Å². The predicted octanol–water partition coefficient (Wildman–Crippen LogP) is 4.54. The molecular formula is C16H26ClN. The molecule has 0 aliphatic carbocycles. The third-order valence-corrected chi connectivity index (χ3v) is 4.15. The minimum absolute atomic E-state index is 0.680. The Morgan fingerprint density at radius 3 is 2.33 bits per heavy atom. The molecular weight excluding hydrogens is 242 g/mol. The number of benzene rings is 1. The average molecular weight is 268 g/mol. The van der Waals surface area contributed by atoms with Crippen molar-refractivity contribution in [3.63, 3.8) is 0 Å². The van der Waals surface area contributed by atoms with Crippen LogP contribution in [0.4, 0.5) is 0 Å². The Morgan fingerprint density at radius 2 is 1.78 bits per heavy atom. The molecule has 0 aliphatic heterocycles. The molecule has 1 unspecified atom stereocenters. The topological polar surface area (TPSA) is 12.0 Å². The Hall–Kier alpha value is -0.530. The van der Waals surface area contributed by atoms with Crippen LogP contribution in [0.2, 0.25) is 5.02 Å². The van der Waals surface area contributed by atoms with E-state index in [1.54, 1.807) is 0 Å². The van der Waals surface area contributed by atoms with Crippen LogP contribution in [0.25, 0.3) is 0 Å². The summed E-state index contributed by atoms with van der Waals surface area (Å²) in [6.45, 7) is 5.65. The minimum atomic E-state index is 0.680. The maximum atomic E-state index is 6.25. The van der Waals surface area contributed by atoms with Gasteiger partial charge in [0.15, 0.2) is 0 Å². The zero-order chi connectivity index (χ0) is 13.4. The van der Waals surface area contributed by atoms with E-state index in [1.807, 2.05) is 19.2 Å². The van der Waals surface area contributed by atoms with E-state index in [0.717, 1.165) is 23.9 Å². The molecule has 0 spiro atoms. The maximum Gasteiger partial charge on any atom is 0.0438 e. The van der Waals surface area contributed by atoms with E-state index in [9.17, 15) is 0 Å². The molecule has 0 heterocycles. The van der Waals surface area contributed by atoms with Gasteiger partial charge in [0.05, 0.1) is 0 Å². The monoisotopic (exact) mass is 267 g/mol. The largest absolute Gasteiger partial charge is 0.319 e. The third kappa shape index (κ3) is 4.99. The van der Waals surface area contributed by atoms with Crippen molar-refractivity contribution in [2.75, 3.05) is 13.6 Å². The number of hydrogen-bond donors (Lipinski definition) is 1. The predicted molar refractivity (Wildman–Crippen MR) is 81.3 cm³/mol. The fourth-order valence-electron chi connectivity index (χ4n) is 2.60. The maximum absolute atomic E-state index is 6.25. The summed E-state index contributed by atoms with van der Waals surface area (Å²) in [5, 5.41) is 4.22. The van der Waals surface area contributed by atoms with Gasteiger partial charge in [0, 0.05) is 5.02 Å². The second kappa shape index (κ2) is 8.55. The van der Waals surface area contributed by atoms with Crippen LogP contribution in [0.15, 0.2) is 24.3 Å². The SMILES string of the molecule is CCC(CC)CC(CNC)Cc1ccccc1Cl. The van der Waals surface area contributed by atoms with Crippen molar-refractivity contribution < 1.29 is 0 Å². The van der Waals surface area contributed by atoms with Crippen molar-refractivity contribution in [3.8, 4) is 0 Å². The zero-order valence-corrected chi connectivity index (χ0v) is 12.6. The lowest BCUT2D eigenvalue weighted by Crippen LogP contribution is -2.23. The van der Waals surface area contributed by atoms with Crippen LogP contribution in [-0.2, 0) is 6.42 Å². The number of nitrogens with one attached hydrogen (secondary N) is 1. The third-order valence-electron chi connectivity index (χ3n) is 3.78. The summed E-state index contributed by atoms with van der Waals surface area (Å²) in [6, 6.07) is 8.22. The quantitative estimate of drug-likeness (QED) is 0.729. The van der Waals surface area contributed by atoms with Gasteiger partial charge in [-0.1, -0.05) is 56.5 Å². The van der Waals surface area contributed by atoms with Gasteiger partial charge in [0.2, 0.25) is 0 Å². The molecule has 0 aliphatic rings. The fourth-order valence-corrected chi connectivity index (χ4v) is 2.81. The molecule has 0 amide bonds. The molecule has 0 saturated carbocycles. The minimum Gasteiger partial charge on any atom is -0.319 e. The van der Waals surface area contributed by atoms with Crippen molar-refractivity contribution in [2.45, 2.75) is 39.5 Å². The van der Waals surface area contributed by atoms with Gasteiger partial charge < -0.3 is 5.32 Å². The van der Waals surface area contributed by atoms with Crippen molar-refractivity contribution in [2.24, 2.45) is 11.8 Å². The lowest BCUT2D eigenvalue weighted by atomic mass is 9.86. The smallest absolute Gasteiger partial charge is 0.0438 e. The molecule has 0 radical (unpaired) electrons. The highest BCUT2D eigenvalue weighted by Gasteiger charge is 2.15. The summed E-state index contributed by atoms with van der Waals surface area (Å²) in [5.74, 6) is 1.52. The van der Waals surface area contributed by atoms with E-state index in [0.29, 0.717) is 5.92 Å². The van der Waals surface area contributed by atoms with Crippen LogP contribution >= 0.6 is 11.6 Å². The van der Waals surface area contributed by atoms with Crippen molar-refractivity contribution in [1.82, 2.24) is 5.32 Å². The van der Waals surface area contributed by atoms with Crippen LogP contribution in [0.1, 0.15) is 38.7 Å². The number of hydrogen-bond acceptors (Lipinski definition) is 1. The molecule has 2 heteroatoms. The second-order valence-electron chi connectivity index (χ2n) is 5.14. The van der Waals surface area contributed by atoms with Gasteiger partial charge >= 0.3 is 0 Å². The molecule has 1 N–H and O–H groups in total. The fraction of sp³-hybridized carbons (Fsp3) is 0.625. The highest BCUT2D eigenvalue weighted by atomic mass is 35.5. The Morgan fingerprint density at radius 1 is 1.11 bits per heavy atom. The van der Waals surface area contributed by atoms with Crippen LogP contribution in [0.5, 0.6) is 0 Å². The Bertz CT molecular complexity index is 334. The molecule has 0 saturated heterocycles. The van der Waals surface area contributed by atoms with Crippen LogP contribution in [0.3, 0.4) is 0 Å². The zero-order valence-electron chi connectivity index (χ0n) is 11.9. The van der Waals surface area contributed by atoms with E-state index in [-0.39, 0.29) is 0 Å². The van der Waals surface area contributed by atoms with Crippen molar-refractivity contribution in [1.29, 1.82) is 0 Å². The molecule has 1 aromatic rings. The molecule has 1 aromatic carbocycles. The van der Waals surface area contributed by atoms with Crippen LogP contribution in [0, 0.1) is 11.8 Å². The lowest BCUT2D eigenvalue weighted by Gasteiger charge is -2.22. The van der Waals surface area contributed by atoms with E-state index >= 15 is 0 Å². The highest BCUT2D eigenvalue weighted by molar-refractivity contribution is 6.31. The van der Waals surface area contributed by atoms with Crippen molar-refractivity contribution >= 4 is 11.6 Å². The summed E-state index contributed by atoms with van der Waals surface area (Å²) in [4.78, 5) is 0. The normalized spacial score (nSPS) is 12.9. The molecule has 0 fully saturated rings. The van der Waals surface area contributed by atoms with Gasteiger partial charge in [0.1, 0.15) is 0 Å². The molecule has 102 valence electrons. The first kappa shape index (κ1) is 15.5. The van der Waals surface area contributed by atoms with E-state index in [2.05, 4.69) is 31.3 Å². The van der Waals surface area contributed by atoms with Gasteiger partial charge in [-0.15, -0.1) is 0 Å². The van der Waals surface area contributed by atoms with Gasteiger partial charge in [-0.05, 0) is 49.9 Å². The molecule has 0 aromatic heterocycles. The second-order valence-corrected chi connectivity index (χ2v) is 5.54. The Balaban J connectivity index is 2.65. The summed E-state index contributed by atoms with van der Waals surface area (Å²) < 4.78 is 0. The molecule has 1 rings (SSSR count). The summed E-state index contributed by atoms with van der Waals surface area (Å²) in [6.07, 6.45) is 4.93. The van der Waals surface area contributed by atoms with E-state index < -0.39 is 0 Å². The van der Waals surface area contributed by atoms with E-state index in [1.165, 1.54) is 24.8 Å². The molecule has 1 atom stereocenters. The summed E-state index contributed by atoms with van der Waals surface area (Å²) in [5.41, 5.74) is 1.28. The van der Waals surface area contributed by atoms with Gasteiger partial charge in [0.25, 0.3) is 0 Å². The number of halogens is 1. The van der Waals surface area contributed by atoms with Crippen molar-refractivity contribution in [3.05, 3.63) is 34.9 Å². The molecule has 18 heavy (non-hydrogen) atoms. The number of rotatable bonds is 8. The summed E-state index contributed by atoms with van der Waals surface area (Å²) in [7, 11) is 2.03. The molecule has 1 nitrogen and oxygen atoms in total. The highest BCUT2D eigenvalue weighted by Crippen LogP contribution is 2.25.